The molecular formula is C19H22N2O2. The molecule has 23 heavy (non-hydrogen) atoms. The van der Waals surface area contributed by atoms with E-state index in [2.05, 4.69) is 34.5 Å². The largest absolute Gasteiger partial charge is 0.390 e. The van der Waals surface area contributed by atoms with Gasteiger partial charge in [0.25, 0.3) is 5.91 Å². The number of nitrogens with zero attached hydrogens (tertiary/aromatic N) is 1. The topological polar surface area (TPSA) is 52.6 Å². The van der Waals surface area contributed by atoms with E-state index >= 15 is 0 Å². The van der Waals surface area contributed by atoms with E-state index in [4.69, 9.17) is 0 Å². The van der Waals surface area contributed by atoms with Gasteiger partial charge in [0.1, 0.15) is 0 Å². The summed E-state index contributed by atoms with van der Waals surface area (Å²) in [5, 5.41) is 13.0. The first kappa shape index (κ1) is 15.7. The molecule has 2 aromatic rings. The van der Waals surface area contributed by atoms with E-state index in [9.17, 15) is 9.90 Å². The SMILES string of the molecule is O=C(NC[C@H](O)CN1CCc2ccccc2C1)c1ccccc1. The second kappa shape index (κ2) is 7.40. The van der Waals surface area contributed by atoms with Gasteiger partial charge < -0.3 is 10.4 Å². The highest BCUT2D eigenvalue weighted by atomic mass is 16.3. The van der Waals surface area contributed by atoms with E-state index in [-0.39, 0.29) is 12.5 Å². The summed E-state index contributed by atoms with van der Waals surface area (Å²) in [6.45, 7) is 2.65. The third-order valence-corrected chi connectivity index (χ3v) is 4.21. The summed E-state index contributed by atoms with van der Waals surface area (Å²) in [6, 6.07) is 17.5. The van der Waals surface area contributed by atoms with Crippen LogP contribution in [0.25, 0.3) is 0 Å². The van der Waals surface area contributed by atoms with Crippen molar-refractivity contribution >= 4 is 5.91 Å². The number of fused-ring (bicyclic) bond motifs is 1. The van der Waals surface area contributed by atoms with Crippen LogP contribution in [0.1, 0.15) is 21.5 Å². The van der Waals surface area contributed by atoms with Crippen molar-refractivity contribution in [3.8, 4) is 0 Å². The molecule has 3 rings (SSSR count). The summed E-state index contributed by atoms with van der Waals surface area (Å²) in [6.07, 6.45) is 0.451. The molecule has 1 aliphatic rings. The number of aliphatic hydroxyl groups excluding tert-OH is 1. The maximum Gasteiger partial charge on any atom is 0.251 e. The molecule has 1 heterocycles. The molecule has 0 bridgehead atoms. The summed E-state index contributed by atoms with van der Waals surface area (Å²) in [5.41, 5.74) is 3.35. The van der Waals surface area contributed by atoms with E-state index in [0.717, 1.165) is 19.5 Å². The Morgan fingerprint density at radius 2 is 1.78 bits per heavy atom. The molecule has 2 N–H and O–H groups in total. The molecule has 4 heteroatoms. The van der Waals surface area contributed by atoms with Crippen molar-refractivity contribution in [1.82, 2.24) is 10.2 Å². The number of hydrogen-bond donors (Lipinski definition) is 2. The number of carbonyl (C=O) groups excluding carboxylic acids is 1. The number of benzene rings is 2. The minimum atomic E-state index is -0.562. The first-order valence-electron chi connectivity index (χ1n) is 8.03. The Morgan fingerprint density at radius 1 is 1.09 bits per heavy atom. The number of carbonyl (C=O) groups is 1. The van der Waals surface area contributed by atoms with Crippen LogP contribution in [0, 0.1) is 0 Å². The minimum absolute atomic E-state index is 0.145. The van der Waals surface area contributed by atoms with Crippen LogP contribution in [0.15, 0.2) is 54.6 Å². The highest BCUT2D eigenvalue weighted by molar-refractivity contribution is 5.94. The van der Waals surface area contributed by atoms with Crippen LogP contribution in [-0.4, -0.2) is 41.7 Å². The average molecular weight is 310 g/mol. The third-order valence-electron chi connectivity index (χ3n) is 4.21. The molecule has 1 amide bonds. The molecule has 0 spiro atoms. The zero-order chi connectivity index (χ0) is 16.1. The van der Waals surface area contributed by atoms with Gasteiger partial charge in [0, 0.05) is 31.7 Å². The van der Waals surface area contributed by atoms with Gasteiger partial charge in [0.15, 0.2) is 0 Å². The Labute approximate surface area is 136 Å². The molecule has 0 fully saturated rings. The summed E-state index contributed by atoms with van der Waals surface area (Å²) in [5.74, 6) is -0.145. The van der Waals surface area contributed by atoms with Gasteiger partial charge in [-0.15, -0.1) is 0 Å². The molecule has 0 saturated carbocycles. The number of aliphatic hydroxyl groups is 1. The van der Waals surface area contributed by atoms with Crippen molar-refractivity contribution in [2.45, 2.75) is 19.1 Å². The minimum Gasteiger partial charge on any atom is -0.390 e. The van der Waals surface area contributed by atoms with Gasteiger partial charge in [0.2, 0.25) is 0 Å². The van der Waals surface area contributed by atoms with Gasteiger partial charge in [-0.3, -0.25) is 9.69 Å². The van der Waals surface area contributed by atoms with Crippen molar-refractivity contribution in [3.63, 3.8) is 0 Å². The monoisotopic (exact) mass is 310 g/mol. The van der Waals surface area contributed by atoms with Crippen molar-refractivity contribution in [2.75, 3.05) is 19.6 Å². The van der Waals surface area contributed by atoms with Crippen LogP contribution in [-0.2, 0) is 13.0 Å². The van der Waals surface area contributed by atoms with Crippen LogP contribution in [0.4, 0.5) is 0 Å². The van der Waals surface area contributed by atoms with Crippen LogP contribution in [0.3, 0.4) is 0 Å². The lowest BCUT2D eigenvalue weighted by molar-refractivity contribution is 0.0842. The van der Waals surface area contributed by atoms with E-state index in [1.807, 2.05) is 18.2 Å². The Kier molecular flexibility index (Phi) is 5.05. The van der Waals surface area contributed by atoms with E-state index in [1.54, 1.807) is 12.1 Å². The molecule has 4 nitrogen and oxygen atoms in total. The molecule has 1 aliphatic heterocycles. The van der Waals surface area contributed by atoms with Crippen molar-refractivity contribution < 1.29 is 9.90 Å². The molecule has 2 aromatic carbocycles. The highest BCUT2D eigenvalue weighted by Gasteiger charge is 2.18. The molecule has 0 unspecified atom stereocenters. The third kappa shape index (κ3) is 4.18. The number of β-amino-alcohol motifs (C(OH)–C–C–N with tert-alkyl or cyclic N) is 1. The molecule has 0 aliphatic carbocycles. The standard InChI is InChI=1S/C19H22N2O2/c22-18(12-20-19(23)16-7-2-1-3-8-16)14-21-11-10-15-6-4-5-9-17(15)13-21/h1-9,18,22H,10-14H2,(H,20,23)/t18-/m0/s1. The second-order valence-corrected chi connectivity index (χ2v) is 5.98. The summed E-state index contributed by atoms with van der Waals surface area (Å²) >= 11 is 0. The molecule has 0 saturated heterocycles. The maximum atomic E-state index is 12.0. The van der Waals surface area contributed by atoms with Crippen LogP contribution < -0.4 is 5.32 Å². The molecule has 0 radical (unpaired) electrons. The smallest absolute Gasteiger partial charge is 0.251 e. The second-order valence-electron chi connectivity index (χ2n) is 5.98. The number of rotatable bonds is 5. The quantitative estimate of drug-likeness (QED) is 0.886. The number of hydrogen-bond acceptors (Lipinski definition) is 3. The Balaban J connectivity index is 1.47. The van der Waals surface area contributed by atoms with Crippen molar-refractivity contribution in [3.05, 3.63) is 71.3 Å². The lowest BCUT2D eigenvalue weighted by Crippen LogP contribution is -2.42. The molecule has 1 atom stereocenters. The Hall–Kier alpha value is -2.17. The fourth-order valence-corrected chi connectivity index (χ4v) is 2.97. The van der Waals surface area contributed by atoms with Gasteiger partial charge >= 0.3 is 0 Å². The highest BCUT2D eigenvalue weighted by Crippen LogP contribution is 2.18. The lowest BCUT2D eigenvalue weighted by atomic mass is 10.00. The van der Waals surface area contributed by atoms with Crippen LogP contribution in [0.2, 0.25) is 0 Å². The van der Waals surface area contributed by atoms with Gasteiger partial charge in [-0.2, -0.15) is 0 Å². The zero-order valence-electron chi connectivity index (χ0n) is 13.1. The van der Waals surface area contributed by atoms with E-state index in [0.29, 0.717) is 12.1 Å². The summed E-state index contributed by atoms with van der Waals surface area (Å²) in [4.78, 5) is 14.2. The molecule has 120 valence electrons. The van der Waals surface area contributed by atoms with Gasteiger partial charge in [-0.1, -0.05) is 42.5 Å². The number of nitrogens with one attached hydrogen (secondary N) is 1. The maximum absolute atomic E-state index is 12.0. The zero-order valence-corrected chi connectivity index (χ0v) is 13.1. The van der Waals surface area contributed by atoms with Crippen LogP contribution in [0.5, 0.6) is 0 Å². The number of amides is 1. The summed E-state index contributed by atoms with van der Waals surface area (Å²) in [7, 11) is 0. The van der Waals surface area contributed by atoms with Crippen LogP contribution >= 0.6 is 0 Å². The van der Waals surface area contributed by atoms with Gasteiger partial charge in [-0.25, -0.2) is 0 Å². The van der Waals surface area contributed by atoms with Crippen molar-refractivity contribution in [2.24, 2.45) is 0 Å². The van der Waals surface area contributed by atoms with Crippen molar-refractivity contribution in [1.29, 1.82) is 0 Å². The van der Waals surface area contributed by atoms with Gasteiger partial charge in [-0.05, 0) is 29.7 Å². The first-order chi connectivity index (χ1) is 11.2. The van der Waals surface area contributed by atoms with E-state index < -0.39 is 6.10 Å². The average Bonchev–Trinajstić information content (AvgIpc) is 2.60. The van der Waals surface area contributed by atoms with E-state index in [1.165, 1.54) is 11.1 Å². The lowest BCUT2D eigenvalue weighted by Gasteiger charge is -2.30. The predicted molar refractivity (Wildman–Crippen MR) is 90.2 cm³/mol. The summed E-state index contributed by atoms with van der Waals surface area (Å²) < 4.78 is 0. The fraction of sp³-hybridized carbons (Fsp3) is 0.316. The predicted octanol–water partition coefficient (Wildman–Crippen LogP) is 1.84. The Bertz CT molecular complexity index is 657. The van der Waals surface area contributed by atoms with Gasteiger partial charge in [0.05, 0.1) is 6.10 Å². The molecular weight excluding hydrogens is 288 g/mol. The molecule has 0 aromatic heterocycles. The Morgan fingerprint density at radius 3 is 2.57 bits per heavy atom. The normalized spacial score (nSPS) is 15.7. The fourth-order valence-electron chi connectivity index (χ4n) is 2.97. The first-order valence-corrected chi connectivity index (χ1v) is 8.03.